The molecule has 29 heavy (non-hydrogen) atoms. The van der Waals surface area contributed by atoms with Gasteiger partial charge >= 0.3 is 0 Å². The Balaban J connectivity index is 1.77. The highest BCUT2D eigenvalue weighted by molar-refractivity contribution is 5.80. The monoisotopic (exact) mass is 390 g/mol. The van der Waals surface area contributed by atoms with Gasteiger partial charge in [-0.15, -0.1) is 10.2 Å². The van der Waals surface area contributed by atoms with E-state index in [4.69, 9.17) is 9.47 Å². The topological polar surface area (TPSA) is 70.7 Å². The van der Waals surface area contributed by atoms with Crippen molar-refractivity contribution in [1.29, 1.82) is 0 Å². The molecule has 0 unspecified atom stereocenters. The van der Waals surface area contributed by atoms with E-state index < -0.39 is 0 Å². The Kier molecular flexibility index (Phi) is 5.03. The number of rotatable bonds is 6. The normalized spacial score (nSPS) is 11.6. The van der Waals surface area contributed by atoms with Crippen LogP contribution in [0.2, 0.25) is 0 Å². The zero-order valence-electron chi connectivity index (χ0n) is 16.6. The standard InChI is InChI=1S/C22H22N4O3/c1-4-8-15-11-12-18(19(13-15)28-3)29-14-20-23-24-22-25(5-2)21(27)16-9-6-7-10-17(16)26(20)22/h4,6-13H,5,14H2,1-3H3/b8-4+. The van der Waals surface area contributed by atoms with E-state index in [0.717, 1.165) is 11.1 Å². The number of aromatic nitrogens is 4. The Bertz CT molecular complexity index is 1270. The first-order valence-corrected chi connectivity index (χ1v) is 9.47. The molecule has 7 nitrogen and oxygen atoms in total. The number of para-hydroxylation sites is 1. The van der Waals surface area contributed by atoms with Crippen LogP contribution in [0.25, 0.3) is 22.8 Å². The van der Waals surface area contributed by atoms with Crippen molar-refractivity contribution in [3.63, 3.8) is 0 Å². The van der Waals surface area contributed by atoms with Crippen molar-refractivity contribution in [2.45, 2.75) is 27.0 Å². The number of hydrogen-bond acceptors (Lipinski definition) is 5. The summed E-state index contributed by atoms with van der Waals surface area (Å²) in [5.74, 6) is 2.37. The molecule has 0 atom stereocenters. The van der Waals surface area contributed by atoms with E-state index in [0.29, 0.717) is 35.0 Å². The highest BCUT2D eigenvalue weighted by Gasteiger charge is 2.16. The predicted octanol–water partition coefficient (Wildman–Crippen LogP) is 3.68. The van der Waals surface area contributed by atoms with Gasteiger partial charge < -0.3 is 9.47 Å². The van der Waals surface area contributed by atoms with Gasteiger partial charge in [0.2, 0.25) is 5.78 Å². The maximum absolute atomic E-state index is 12.8. The van der Waals surface area contributed by atoms with Gasteiger partial charge in [-0.25, -0.2) is 0 Å². The Morgan fingerprint density at radius 2 is 1.93 bits per heavy atom. The molecule has 0 amide bonds. The number of aryl methyl sites for hydroxylation is 1. The predicted molar refractivity (Wildman–Crippen MR) is 112 cm³/mol. The van der Waals surface area contributed by atoms with Gasteiger partial charge in [-0.1, -0.05) is 30.4 Å². The van der Waals surface area contributed by atoms with Crippen molar-refractivity contribution in [3.05, 3.63) is 70.3 Å². The van der Waals surface area contributed by atoms with Gasteiger partial charge in [0.05, 0.1) is 18.0 Å². The quantitative estimate of drug-likeness (QED) is 0.502. The van der Waals surface area contributed by atoms with Gasteiger partial charge in [0, 0.05) is 6.54 Å². The van der Waals surface area contributed by atoms with E-state index in [1.165, 1.54) is 0 Å². The van der Waals surface area contributed by atoms with Crippen LogP contribution < -0.4 is 15.0 Å². The molecule has 0 aliphatic heterocycles. The van der Waals surface area contributed by atoms with Crippen LogP contribution in [0, 0.1) is 0 Å². The first-order chi connectivity index (χ1) is 14.2. The molecule has 0 bridgehead atoms. The lowest BCUT2D eigenvalue weighted by Crippen LogP contribution is -2.22. The van der Waals surface area contributed by atoms with Crippen molar-refractivity contribution in [1.82, 2.24) is 19.2 Å². The third-order valence-electron chi connectivity index (χ3n) is 4.79. The van der Waals surface area contributed by atoms with E-state index in [2.05, 4.69) is 10.2 Å². The molecule has 2 aromatic carbocycles. The molecule has 0 aliphatic rings. The van der Waals surface area contributed by atoms with E-state index >= 15 is 0 Å². The van der Waals surface area contributed by atoms with Crippen molar-refractivity contribution >= 4 is 22.8 Å². The third-order valence-corrected chi connectivity index (χ3v) is 4.79. The number of hydrogen-bond donors (Lipinski definition) is 0. The summed E-state index contributed by atoms with van der Waals surface area (Å²) >= 11 is 0. The van der Waals surface area contributed by atoms with Crippen LogP contribution in [0.4, 0.5) is 0 Å². The molecule has 7 heteroatoms. The van der Waals surface area contributed by atoms with Gasteiger partial charge in [0.15, 0.2) is 17.3 Å². The molecular weight excluding hydrogens is 368 g/mol. The minimum absolute atomic E-state index is 0.0725. The number of benzene rings is 2. The lowest BCUT2D eigenvalue weighted by Gasteiger charge is -2.12. The number of nitrogens with zero attached hydrogens (tertiary/aromatic N) is 4. The maximum atomic E-state index is 12.8. The van der Waals surface area contributed by atoms with Gasteiger partial charge in [0.1, 0.15) is 6.61 Å². The summed E-state index contributed by atoms with van der Waals surface area (Å²) in [5, 5.41) is 9.16. The fourth-order valence-electron chi connectivity index (χ4n) is 3.43. The zero-order valence-corrected chi connectivity index (χ0v) is 16.6. The van der Waals surface area contributed by atoms with Crippen molar-refractivity contribution in [2.24, 2.45) is 0 Å². The largest absolute Gasteiger partial charge is 0.493 e. The lowest BCUT2D eigenvalue weighted by atomic mass is 10.2. The molecule has 0 saturated carbocycles. The third kappa shape index (κ3) is 3.24. The number of ether oxygens (including phenoxy) is 2. The summed E-state index contributed by atoms with van der Waals surface area (Å²) in [6, 6.07) is 13.2. The molecule has 0 fully saturated rings. The Morgan fingerprint density at radius 1 is 1.10 bits per heavy atom. The summed E-state index contributed by atoms with van der Waals surface area (Å²) < 4.78 is 15.0. The van der Waals surface area contributed by atoms with Crippen LogP contribution in [-0.4, -0.2) is 26.3 Å². The summed E-state index contributed by atoms with van der Waals surface area (Å²) in [5.41, 5.74) is 1.72. The second kappa shape index (κ2) is 7.79. The van der Waals surface area contributed by atoms with Gasteiger partial charge in [0.25, 0.3) is 5.56 Å². The van der Waals surface area contributed by atoms with Crippen molar-refractivity contribution in [3.8, 4) is 11.5 Å². The molecule has 148 valence electrons. The molecule has 0 saturated heterocycles. The van der Waals surface area contributed by atoms with Gasteiger partial charge in [-0.05, 0) is 43.7 Å². The minimum atomic E-state index is -0.0725. The van der Waals surface area contributed by atoms with E-state index in [9.17, 15) is 4.79 Å². The first kappa shape index (κ1) is 18.7. The van der Waals surface area contributed by atoms with Crippen molar-refractivity contribution in [2.75, 3.05) is 7.11 Å². The van der Waals surface area contributed by atoms with Crippen LogP contribution in [0.1, 0.15) is 25.2 Å². The SMILES string of the molecule is C/C=C/c1ccc(OCc2nnc3n(CC)c(=O)c4ccccc4n23)c(OC)c1. The fraction of sp³-hybridized carbons (Fsp3) is 0.227. The molecule has 0 radical (unpaired) electrons. The highest BCUT2D eigenvalue weighted by atomic mass is 16.5. The van der Waals surface area contributed by atoms with Gasteiger partial charge in [-0.3, -0.25) is 13.8 Å². The average Bonchev–Trinajstić information content (AvgIpc) is 3.17. The maximum Gasteiger partial charge on any atom is 0.262 e. The zero-order chi connectivity index (χ0) is 20.4. The smallest absolute Gasteiger partial charge is 0.262 e. The van der Waals surface area contributed by atoms with Crippen LogP contribution >= 0.6 is 0 Å². The summed E-state index contributed by atoms with van der Waals surface area (Å²) in [7, 11) is 1.61. The van der Waals surface area contributed by atoms with E-state index in [1.54, 1.807) is 11.7 Å². The first-order valence-electron chi connectivity index (χ1n) is 9.47. The fourth-order valence-corrected chi connectivity index (χ4v) is 3.43. The van der Waals surface area contributed by atoms with E-state index in [-0.39, 0.29) is 12.2 Å². The molecule has 2 aromatic heterocycles. The molecule has 4 rings (SSSR count). The lowest BCUT2D eigenvalue weighted by molar-refractivity contribution is 0.275. The summed E-state index contributed by atoms with van der Waals surface area (Å²) in [6.07, 6.45) is 3.96. The number of fused-ring (bicyclic) bond motifs is 3. The number of allylic oxidation sites excluding steroid dienone is 1. The van der Waals surface area contributed by atoms with Crippen LogP contribution in [0.3, 0.4) is 0 Å². The second-order valence-corrected chi connectivity index (χ2v) is 6.52. The van der Waals surface area contributed by atoms with Crippen molar-refractivity contribution < 1.29 is 9.47 Å². The van der Waals surface area contributed by atoms with E-state index in [1.807, 2.05) is 72.9 Å². The van der Waals surface area contributed by atoms with Crippen LogP contribution in [-0.2, 0) is 13.2 Å². The van der Waals surface area contributed by atoms with Gasteiger partial charge in [-0.2, -0.15) is 0 Å². The Hall–Kier alpha value is -3.61. The molecule has 2 heterocycles. The van der Waals surface area contributed by atoms with Crippen LogP contribution in [0.15, 0.2) is 53.3 Å². The Labute approximate surface area is 167 Å². The molecule has 0 aliphatic carbocycles. The molecule has 0 N–H and O–H groups in total. The molecular formula is C22H22N4O3. The average molecular weight is 390 g/mol. The highest BCUT2D eigenvalue weighted by Crippen LogP contribution is 2.29. The minimum Gasteiger partial charge on any atom is -0.493 e. The molecule has 4 aromatic rings. The Morgan fingerprint density at radius 3 is 2.69 bits per heavy atom. The van der Waals surface area contributed by atoms with Crippen LogP contribution in [0.5, 0.6) is 11.5 Å². The second-order valence-electron chi connectivity index (χ2n) is 6.52. The number of methoxy groups -OCH3 is 1. The summed E-state index contributed by atoms with van der Waals surface area (Å²) in [4.78, 5) is 12.8. The summed E-state index contributed by atoms with van der Waals surface area (Å²) in [6.45, 7) is 4.57. The molecule has 0 spiro atoms.